The van der Waals surface area contributed by atoms with Gasteiger partial charge < -0.3 is 20.3 Å². The number of ether oxygens (including phenoxy) is 1. The summed E-state index contributed by atoms with van der Waals surface area (Å²) in [6.07, 6.45) is 4.25. The molecule has 252 valence electrons. The van der Waals surface area contributed by atoms with Gasteiger partial charge in [0.2, 0.25) is 0 Å². The largest absolute Gasteiger partial charge is 0.493 e. The number of aliphatic hydroxyl groups is 2. The van der Waals surface area contributed by atoms with E-state index in [2.05, 4.69) is 15.6 Å². The molecule has 6 rings (SSSR count). The average molecular weight is 664 g/mol. The van der Waals surface area contributed by atoms with E-state index in [-0.39, 0.29) is 12.0 Å². The number of anilines is 2. The van der Waals surface area contributed by atoms with Crippen LogP contribution in [0.15, 0.2) is 91.3 Å². The Morgan fingerprint density at radius 2 is 1.57 bits per heavy atom. The Kier molecular flexibility index (Phi) is 8.80. The van der Waals surface area contributed by atoms with Gasteiger partial charge in [0.25, 0.3) is 0 Å². The second-order valence-corrected chi connectivity index (χ2v) is 12.8. The molecule has 2 aromatic heterocycles. The number of fused-ring (bicyclic) bond motifs is 1. The topological polar surface area (TPSA) is 162 Å². The van der Waals surface area contributed by atoms with Crippen molar-refractivity contribution in [3.8, 4) is 11.4 Å². The molecule has 0 bridgehead atoms. The van der Waals surface area contributed by atoms with Gasteiger partial charge in [-0.1, -0.05) is 57.2 Å². The molecule has 3 aromatic carbocycles. The average Bonchev–Trinajstić information content (AvgIpc) is 3.57. The minimum absolute atomic E-state index is 0.0629. The summed E-state index contributed by atoms with van der Waals surface area (Å²) in [5.74, 6) is -4.19. The predicted molar refractivity (Wildman–Crippen MR) is 183 cm³/mol. The van der Waals surface area contributed by atoms with Gasteiger partial charge in [0.05, 0.1) is 30.2 Å². The van der Waals surface area contributed by atoms with Gasteiger partial charge in [0.1, 0.15) is 11.6 Å². The Bertz CT molecular complexity index is 2020. The monoisotopic (exact) mass is 663 g/mol. The first-order valence-corrected chi connectivity index (χ1v) is 15.7. The predicted octanol–water partition coefficient (Wildman–Crippen LogP) is 4.38. The summed E-state index contributed by atoms with van der Waals surface area (Å²) in [5.41, 5.74) is 3.41. The smallest absolute Gasteiger partial charge is 0.330 e. The lowest BCUT2D eigenvalue weighted by atomic mass is 9.92. The number of pyridine rings is 1. The van der Waals surface area contributed by atoms with Crippen molar-refractivity contribution in [3.63, 3.8) is 0 Å². The number of urea groups is 1. The highest BCUT2D eigenvalue weighted by Gasteiger charge is 2.55. The highest BCUT2D eigenvalue weighted by Crippen LogP contribution is 2.33. The molecule has 0 aliphatic carbocycles. The van der Waals surface area contributed by atoms with E-state index in [1.54, 1.807) is 41.3 Å². The number of aromatic nitrogens is 3. The molecule has 1 fully saturated rings. The van der Waals surface area contributed by atoms with Crippen LogP contribution in [0.3, 0.4) is 0 Å². The van der Waals surface area contributed by atoms with Gasteiger partial charge in [-0.05, 0) is 47.5 Å². The van der Waals surface area contributed by atoms with Crippen LogP contribution in [0.5, 0.6) is 5.75 Å². The molecule has 5 aromatic rings. The maximum atomic E-state index is 13.5. The SMILES string of the molecule is CN1C(=O)C(O)(O)C(=O)N1Cc1ccc(-n2nc(C(C)(C)C)cc2NC(=O)Nc2ccc(OCCc3ccncc3)c3ccccc23)cc1. The normalized spacial score (nSPS) is 14.4. The summed E-state index contributed by atoms with van der Waals surface area (Å²) >= 11 is 0. The lowest BCUT2D eigenvalue weighted by molar-refractivity contribution is -0.186. The van der Waals surface area contributed by atoms with Gasteiger partial charge >= 0.3 is 23.6 Å². The molecule has 49 heavy (non-hydrogen) atoms. The van der Waals surface area contributed by atoms with E-state index in [1.165, 1.54) is 7.05 Å². The number of hydrogen-bond acceptors (Lipinski definition) is 8. The van der Waals surface area contributed by atoms with Crippen LogP contribution in [0.4, 0.5) is 16.3 Å². The molecule has 13 heteroatoms. The number of carbonyl (C=O) groups excluding carboxylic acids is 3. The fourth-order valence-corrected chi connectivity index (χ4v) is 5.47. The second-order valence-electron chi connectivity index (χ2n) is 12.8. The van der Waals surface area contributed by atoms with Crippen LogP contribution in [0.25, 0.3) is 16.5 Å². The van der Waals surface area contributed by atoms with Gasteiger partial charge in [0, 0.05) is 48.1 Å². The molecule has 1 saturated heterocycles. The number of hydrazine groups is 1. The third-order valence-corrected chi connectivity index (χ3v) is 8.25. The van der Waals surface area contributed by atoms with Gasteiger partial charge in [-0.3, -0.25) is 19.9 Å². The summed E-state index contributed by atoms with van der Waals surface area (Å²) in [5, 5.41) is 33.9. The van der Waals surface area contributed by atoms with E-state index in [0.29, 0.717) is 35.1 Å². The Balaban J connectivity index is 1.19. The Morgan fingerprint density at radius 1 is 0.878 bits per heavy atom. The summed E-state index contributed by atoms with van der Waals surface area (Å²) in [4.78, 5) is 42.0. The number of benzene rings is 3. The zero-order valence-electron chi connectivity index (χ0n) is 27.5. The van der Waals surface area contributed by atoms with E-state index in [0.717, 1.165) is 38.5 Å². The number of carbonyl (C=O) groups is 3. The molecule has 0 spiro atoms. The third kappa shape index (κ3) is 6.80. The molecule has 1 aliphatic rings. The van der Waals surface area contributed by atoms with E-state index < -0.39 is 23.6 Å². The second kappa shape index (κ2) is 13.0. The Morgan fingerprint density at radius 3 is 2.22 bits per heavy atom. The molecule has 3 heterocycles. The number of rotatable bonds is 9. The Labute approximate surface area is 282 Å². The van der Waals surface area contributed by atoms with Crippen LogP contribution in [0.2, 0.25) is 0 Å². The molecule has 0 unspecified atom stereocenters. The highest BCUT2D eigenvalue weighted by molar-refractivity contribution is 6.10. The molecule has 4 N–H and O–H groups in total. The van der Waals surface area contributed by atoms with Crippen molar-refractivity contribution in [1.82, 2.24) is 24.8 Å². The third-order valence-electron chi connectivity index (χ3n) is 8.25. The maximum absolute atomic E-state index is 13.5. The zero-order chi connectivity index (χ0) is 34.9. The lowest BCUT2D eigenvalue weighted by Gasteiger charge is -2.23. The molecule has 0 radical (unpaired) electrons. The summed E-state index contributed by atoms with van der Waals surface area (Å²) in [7, 11) is 1.29. The summed E-state index contributed by atoms with van der Waals surface area (Å²) < 4.78 is 7.74. The molecular formula is C36H37N7O6. The van der Waals surface area contributed by atoms with Crippen LogP contribution < -0.4 is 15.4 Å². The summed E-state index contributed by atoms with van der Waals surface area (Å²) in [6, 6.07) is 23.6. The van der Waals surface area contributed by atoms with Crippen molar-refractivity contribution in [2.75, 3.05) is 24.3 Å². The van der Waals surface area contributed by atoms with Crippen molar-refractivity contribution >= 4 is 40.1 Å². The standard InChI is InChI=1S/C36H37N7O6/c1-35(2,3)30-21-31(43(40-30)25-11-9-24(10-12-25)22-42-33(45)36(47,48)32(44)41(42)4)39-34(46)38-28-13-14-29(27-8-6-5-7-26(27)28)49-20-17-23-15-18-37-19-16-23/h5-16,18-19,21,47-48H,17,20,22H2,1-4H3,(H2,38,39,46). The quantitative estimate of drug-likeness (QED) is 0.133. The van der Waals surface area contributed by atoms with Gasteiger partial charge in [-0.15, -0.1) is 0 Å². The van der Waals surface area contributed by atoms with Crippen LogP contribution in [-0.2, 0) is 28.0 Å². The van der Waals surface area contributed by atoms with Crippen LogP contribution in [-0.4, -0.2) is 72.3 Å². The van der Waals surface area contributed by atoms with Gasteiger partial charge in [-0.2, -0.15) is 5.10 Å². The first-order valence-electron chi connectivity index (χ1n) is 15.7. The van der Waals surface area contributed by atoms with Crippen LogP contribution in [0.1, 0.15) is 37.6 Å². The summed E-state index contributed by atoms with van der Waals surface area (Å²) in [6.45, 7) is 6.49. The number of amides is 4. The number of nitrogens with zero attached hydrogens (tertiary/aromatic N) is 5. The molecule has 13 nitrogen and oxygen atoms in total. The van der Waals surface area contributed by atoms with Gasteiger partial charge in [0.15, 0.2) is 0 Å². The highest BCUT2D eigenvalue weighted by atomic mass is 16.5. The molecule has 1 aliphatic heterocycles. The molecule has 0 atom stereocenters. The fraction of sp³-hybridized carbons (Fsp3) is 0.250. The van der Waals surface area contributed by atoms with Crippen molar-refractivity contribution < 1.29 is 29.3 Å². The molecule has 0 saturated carbocycles. The van der Waals surface area contributed by atoms with Crippen molar-refractivity contribution in [2.24, 2.45) is 0 Å². The Hall–Kier alpha value is -5.79. The molecule has 4 amide bonds. The molecular weight excluding hydrogens is 626 g/mol. The first-order chi connectivity index (χ1) is 23.3. The number of nitrogens with one attached hydrogen (secondary N) is 2. The van der Waals surface area contributed by atoms with E-state index in [1.807, 2.05) is 75.4 Å². The van der Waals surface area contributed by atoms with E-state index in [9.17, 15) is 24.6 Å². The maximum Gasteiger partial charge on any atom is 0.330 e. The van der Waals surface area contributed by atoms with Crippen LogP contribution >= 0.6 is 0 Å². The fourth-order valence-electron chi connectivity index (χ4n) is 5.47. The number of likely N-dealkylation sites (N-methyl/N-ethyl adjacent to an activating group) is 1. The minimum atomic E-state index is -3.09. The van der Waals surface area contributed by atoms with Gasteiger partial charge in [-0.25, -0.2) is 19.5 Å². The van der Waals surface area contributed by atoms with Crippen LogP contribution in [0, 0.1) is 0 Å². The lowest BCUT2D eigenvalue weighted by Crippen LogP contribution is -2.43. The van der Waals surface area contributed by atoms with Crippen molar-refractivity contribution in [1.29, 1.82) is 0 Å². The van der Waals surface area contributed by atoms with Crippen molar-refractivity contribution in [3.05, 3.63) is 108 Å². The zero-order valence-corrected chi connectivity index (χ0v) is 27.5. The number of hydrogen-bond donors (Lipinski definition) is 4. The minimum Gasteiger partial charge on any atom is -0.493 e. The van der Waals surface area contributed by atoms with E-state index in [4.69, 9.17) is 9.84 Å². The van der Waals surface area contributed by atoms with E-state index >= 15 is 0 Å². The first kappa shape index (κ1) is 33.1. The van der Waals surface area contributed by atoms with Crippen molar-refractivity contribution in [2.45, 2.75) is 44.9 Å².